The topological polar surface area (TPSA) is 21.6 Å². The van der Waals surface area contributed by atoms with Gasteiger partial charge in [-0.1, -0.05) is 63.6 Å². The molecule has 1 aromatic rings. The fraction of sp³-hybridized carbons (Fsp3) is 0.591. The fourth-order valence-corrected chi connectivity index (χ4v) is 3.09. The van der Waals surface area contributed by atoms with Gasteiger partial charge in [0, 0.05) is 11.4 Å². The van der Waals surface area contributed by atoms with Gasteiger partial charge in [-0.3, -0.25) is 4.99 Å². The maximum atomic E-state index is 6.28. The summed E-state index contributed by atoms with van der Waals surface area (Å²) in [5.74, 6) is 0. The lowest BCUT2D eigenvalue weighted by Gasteiger charge is -2.34. The van der Waals surface area contributed by atoms with Crippen molar-refractivity contribution in [1.29, 1.82) is 0 Å². The molecule has 25 heavy (non-hydrogen) atoms. The zero-order chi connectivity index (χ0) is 19.3. The largest absolute Gasteiger partial charge is 0.430 e. The molecule has 0 atom stereocenters. The van der Waals surface area contributed by atoms with E-state index in [4.69, 9.17) is 4.65 Å². The van der Waals surface area contributed by atoms with Gasteiger partial charge >= 0.3 is 0 Å². The van der Waals surface area contributed by atoms with E-state index < -0.39 is 0 Å². The van der Waals surface area contributed by atoms with Gasteiger partial charge in [-0.05, 0) is 58.2 Å². The highest BCUT2D eigenvalue weighted by atomic mass is 16.5. The smallest absolute Gasteiger partial charge is 0.298 e. The van der Waals surface area contributed by atoms with Gasteiger partial charge in [-0.25, -0.2) is 0 Å². The summed E-state index contributed by atoms with van der Waals surface area (Å²) in [6.45, 7) is 19.4. The van der Waals surface area contributed by atoms with Gasteiger partial charge in [0.15, 0.2) is 0 Å². The van der Waals surface area contributed by atoms with E-state index in [0.717, 1.165) is 24.0 Å². The summed E-state index contributed by atoms with van der Waals surface area (Å²) in [6.07, 6.45) is 4.12. The first-order valence-corrected chi connectivity index (χ1v) is 9.60. The van der Waals surface area contributed by atoms with Gasteiger partial charge in [0.25, 0.3) is 6.92 Å². The van der Waals surface area contributed by atoms with Crippen molar-refractivity contribution in [3.05, 3.63) is 47.2 Å². The van der Waals surface area contributed by atoms with Crippen LogP contribution in [0.2, 0.25) is 6.32 Å². The van der Waals surface area contributed by atoms with Crippen LogP contribution in [0.5, 0.6) is 0 Å². The first-order chi connectivity index (χ1) is 11.6. The molecule has 2 rings (SSSR count). The number of hydrogen-bond acceptors (Lipinski definition) is 2. The van der Waals surface area contributed by atoms with Crippen LogP contribution in [0.3, 0.4) is 0 Å². The van der Waals surface area contributed by atoms with Crippen LogP contribution in [0.1, 0.15) is 73.4 Å². The maximum absolute atomic E-state index is 6.28. The molecule has 0 saturated carbocycles. The molecule has 3 heteroatoms. The Morgan fingerprint density at radius 2 is 1.68 bits per heavy atom. The second kappa shape index (κ2) is 8.85. The molecule has 0 amide bonds. The van der Waals surface area contributed by atoms with Crippen molar-refractivity contribution in [2.45, 2.75) is 80.6 Å². The molecule has 1 aliphatic heterocycles. The van der Waals surface area contributed by atoms with E-state index in [1.807, 2.05) is 33.8 Å². The van der Waals surface area contributed by atoms with Gasteiger partial charge in [-0.15, -0.1) is 0 Å². The van der Waals surface area contributed by atoms with Crippen molar-refractivity contribution in [3.63, 3.8) is 0 Å². The molecule has 1 saturated heterocycles. The Morgan fingerprint density at radius 3 is 2.12 bits per heavy atom. The Balaban J connectivity index is 0.00000151. The Hall–Kier alpha value is -1.35. The molecule has 0 N–H and O–H groups in total. The third-order valence-electron chi connectivity index (χ3n) is 5.43. The van der Waals surface area contributed by atoms with Crippen molar-refractivity contribution in [2.75, 3.05) is 0 Å². The highest BCUT2D eigenvalue weighted by molar-refractivity contribution is 6.52. The van der Waals surface area contributed by atoms with Crippen molar-refractivity contribution in [3.8, 4) is 0 Å². The fourth-order valence-electron chi connectivity index (χ4n) is 3.09. The number of rotatable bonds is 4. The summed E-state index contributed by atoms with van der Waals surface area (Å²) < 4.78 is 6.28. The number of aliphatic imine (C=N–C) groups is 1. The molecule has 1 heterocycles. The average Bonchev–Trinajstić information content (AvgIpc) is 2.76. The van der Waals surface area contributed by atoms with E-state index in [-0.39, 0.29) is 11.0 Å². The van der Waals surface area contributed by atoms with Gasteiger partial charge in [-0.2, -0.15) is 0 Å². The molecule has 2 nitrogen and oxygen atoms in total. The molecule has 1 aliphatic rings. The first kappa shape index (κ1) is 21.7. The van der Waals surface area contributed by atoms with E-state index in [1.165, 1.54) is 11.1 Å². The van der Waals surface area contributed by atoms with Crippen molar-refractivity contribution >= 4 is 12.6 Å². The van der Waals surface area contributed by atoms with Crippen molar-refractivity contribution in [1.82, 2.24) is 0 Å². The lowest BCUT2D eigenvalue weighted by atomic mass is 9.55. The van der Waals surface area contributed by atoms with Crippen LogP contribution < -0.4 is 0 Å². The molecule has 1 fully saturated rings. The summed E-state index contributed by atoms with van der Waals surface area (Å²) >= 11 is 0. The monoisotopic (exact) mass is 341 g/mol. The van der Waals surface area contributed by atoms with Gasteiger partial charge < -0.3 is 4.65 Å². The highest BCUT2D eigenvalue weighted by Gasteiger charge is 2.48. The third kappa shape index (κ3) is 5.57. The predicted molar refractivity (Wildman–Crippen MR) is 113 cm³/mol. The quantitative estimate of drug-likeness (QED) is 0.462. The molecule has 0 spiro atoms. The Kier molecular flexibility index (Phi) is 7.68. The summed E-state index contributed by atoms with van der Waals surface area (Å²) in [6, 6.07) is 8.76. The minimum atomic E-state index is -0.0507. The minimum absolute atomic E-state index is 0.0507. The Morgan fingerprint density at radius 1 is 1.12 bits per heavy atom. The number of nitrogens with zero attached hydrogens (tertiary/aromatic N) is 1. The third-order valence-corrected chi connectivity index (χ3v) is 5.43. The molecule has 0 radical (unpaired) electrons. The van der Waals surface area contributed by atoms with Crippen LogP contribution in [-0.4, -0.2) is 18.2 Å². The second-order valence-electron chi connectivity index (χ2n) is 7.87. The molecular formula is C22H36BNO. The second-order valence-corrected chi connectivity index (χ2v) is 7.87. The van der Waals surface area contributed by atoms with E-state index >= 15 is 0 Å². The van der Waals surface area contributed by atoms with Crippen LogP contribution in [-0.2, 0) is 11.0 Å². The number of allylic oxidation sites excluding steroid dienone is 2. The molecule has 0 bridgehead atoms. The summed E-state index contributed by atoms with van der Waals surface area (Å²) in [5, 5.41) is 0. The molecule has 0 aromatic heterocycles. The van der Waals surface area contributed by atoms with E-state index in [1.54, 1.807) is 0 Å². The molecule has 1 aromatic carbocycles. The SMILES string of the molecule is C/C=C(/C)N=C(C)c1ccc(CB2CC(C)(C)C(C)(C)O2)cc1.CC. The lowest BCUT2D eigenvalue weighted by Crippen LogP contribution is -2.34. The van der Waals surface area contributed by atoms with E-state index in [9.17, 15) is 0 Å². The maximum Gasteiger partial charge on any atom is 0.298 e. The van der Waals surface area contributed by atoms with Gasteiger partial charge in [0.05, 0.1) is 5.60 Å². The van der Waals surface area contributed by atoms with E-state index in [2.05, 4.69) is 63.9 Å². The van der Waals surface area contributed by atoms with Gasteiger partial charge in [0.1, 0.15) is 0 Å². The van der Waals surface area contributed by atoms with Crippen LogP contribution in [0.25, 0.3) is 0 Å². The zero-order valence-corrected chi connectivity index (χ0v) is 17.7. The standard InChI is InChI=1S/C20H30BNO.C2H6/c1-8-15(2)22-16(3)18-11-9-17(10-12-18)13-21-14-19(4,5)20(6,7)23-21;1-2/h8-12H,13-14H2,1-7H3;1-2H3/b15-8-,22-16?;. The molecule has 138 valence electrons. The Labute approximate surface area is 155 Å². The predicted octanol–water partition coefficient (Wildman–Crippen LogP) is 6.35. The van der Waals surface area contributed by atoms with Crippen LogP contribution in [0.15, 0.2) is 41.0 Å². The zero-order valence-electron chi connectivity index (χ0n) is 17.7. The molecule has 0 unspecified atom stereocenters. The lowest BCUT2D eigenvalue weighted by molar-refractivity contribution is 0.0360. The summed E-state index contributed by atoms with van der Waals surface area (Å²) in [7, 11) is 0. The van der Waals surface area contributed by atoms with E-state index in [0.29, 0.717) is 6.92 Å². The Bertz CT molecular complexity index is 595. The summed E-state index contributed by atoms with van der Waals surface area (Å²) in [4.78, 5) is 4.59. The van der Waals surface area contributed by atoms with Crippen LogP contribution >= 0.6 is 0 Å². The summed E-state index contributed by atoms with van der Waals surface area (Å²) in [5.41, 5.74) is 4.81. The minimum Gasteiger partial charge on any atom is -0.430 e. The van der Waals surface area contributed by atoms with Gasteiger partial charge in [0.2, 0.25) is 0 Å². The molecular weight excluding hydrogens is 305 g/mol. The normalized spacial score (nSPS) is 19.5. The first-order valence-electron chi connectivity index (χ1n) is 9.60. The molecule has 0 aliphatic carbocycles. The van der Waals surface area contributed by atoms with Crippen LogP contribution in [0.4, 0.5) is 0 Å². The van der Waals surface area contributed by atoms with Crippen molar-refractivity contribution < 1.29 is 4.65 Å². The average molecular weight is 341 g/mol. The van der Waals surface area contributed by atoms with Crippen molar-refractivity contribution in [2.24, 2.45) is 10.4 Å². The highest BCUT2D eigenvalue weighted by Crippen LogP contribution is 2.45. The number of benzene rings is 1. The van der Waals surface area contributed by atoms with Crippen LogP contribution in [0, 0.1) is 5.41 Å². The number of hydrogen-bond donors (Lipinski definition) is 0.